The Kier molecular flexibility index (Phi) is 6.04. The van der Waals surface area contributed by atoms with Crippen molar-refractivity contribution in [1.29, 1.82) is 0 Å². The first-order valence-electron chi connectivity index (χ1n) is 9.78. The third-order valence-electron chi connectivity index (χ3n) is 4.96. The molecular weight excluding hydrogens is 428 g/mol. The van der Waals surface area contributed by atoms with E-state index in [0.717, 1.165) is 5.56 Å². The van der Waals surface area contributed by atoms with Gasteiger partial charge in [-0.05, 0) is 23.8 Å². The quantitative estimate of drug-likeness (QED) is 0.469. The van der Waals surface area contributed by atoms with E-state index in [1.807, 2.05) is 30.3 Å². The molecule has 0 saturated carbocycles. The van der Waals surface area contributed by atoms with Crippen LogP contribution in [0, 0.1) is 5.92 Å². The van der Waals surface area contributed by atoms with E-state index >= 15 is 0 Å². The number of ether oxygens (including phenoxy) is 1. The minimum atomic E-state index is -0.569. The van der Waals surface area contributed by atoms with Crippen LogP contribution in [0.2, 0.25) is 0 Å². The number of anilines is 1. The van der Waals surface area contributed by atoms with Crippen LogP contribution in [-0.4, -0.2) is 51.4 Å². The van der Waals surface area contributed by atoms with E-state index in [2.05, 4.69) is 15.1 Å². The molecule has 2 amide bonds. The molecule has 0 bridgehead atoms. The van der Waals surface area contributed by atoms with E-state index in [4.69, 9.17) is 22.7 Å². The zero-order chi connectivity index (χ0) is 22.7. The first kappa shape index (κ1) is 21.3. The minimum absolute atomic E-state index is 0.000352. The third kappa shape index (κ3) is 4.54. The van der Waals surface area contributed by atoms with Crippen molar-refractivity contribution < 1.29 is 14.3 Å². The standard InChI is InChI=1S/C22H20N6O3S/c1-27-17-9-15(19(23)29)7-8-18(17)31-12-16(22(27)32)10-24-21(30)20-25-13-28(26-20)11-14-5-3-2-4-6-14/h2-10,13,16H,11-12H2,1H3,(H2,23,29)/b24-10-/t16-/m0/s1. The number of amides is 2. The summed E-state index contributed by atoms with van der Waals surface area (Å²) in [6.07, 6.45) is 2.94. The molecule has 1 aromatic heterocycles. The molecule has 1 aliphatic heterocycles. The van der Waals surface area contributed by atoms with Crippen LogP contribution in [0.3, 0.4) is 0 Å². The summed E-state index contributed by atoms with van der Waals surface area (Å²) in [5.41, 5.74) is 7.38. The minimum Gasteiger partial charge on any atom is -0.490 e. The molecule has 9 nitrogen and oxygen atoms in total. The van der Waals surface area contributed by atoms with Crippen LogP contribution in [0.4, 0.5) is 5.69 Å². The molecular formula is C22H20N6O3S. The first-order valence-corrected chi connectivity index (χ1v) is 10.2. The molecule has 0 aliphatic carbocycles. The number of nitrogens with two attached hydrogens (primary N) is 1. The van der Waals surface area contributed by atoms with Gasteiger partial charge in [0.25, 0.3) is 0 Å². The van der Waals surface area contributed by atoms with Crippen molar-refractivity contribution in [3.63, 3.8) is 0 Å². The number of benzene rings is 2. The Morgan fingerprint density at radius 3 is 2.81 bits per heavy atom. The lowest BCUT2D eigenvalue weighted by atomic mass is 10.1. The molecule has 4 rings (SSSR count). The Hall–Kier alpha value is -3.92. The Labute approximate surface area is 189 Å². The number of hydrogen-bond donors (Lipinski definition) is 1. The first-order chi connectivity index (χ1) is 15.4. The summed E-state index contributed by atoms with van der Waals surface area (Å²) in [5.74, 6) is -0.988. The zero-order valence-corrected chi connectivity index (χ0v) is 18.0. The highest BCUT2D eigenvalue weighted by molar-refractivity contribution is 7.80. The van der Waals surface area contributed by atoms with Crippen LogP contribution in [0.5, 0.6) is 5.75 Å². The Morgan fingerprint density at radius 2 is 2.06 bits per heavy atom. The lowest BCUT2D eigenvalue weighted by Gasteiger charge is -2.21. The Bertz CT molecular complexity index is 1210. The molecule has 32 heavy (non-hydrogen) atoms. The summed E-state index contributed by atoms with van der Waals surface area (Å²) < 4.78 is 7.41. The van der Waals surface area contributed by atoms with Gasteiger partial charge < -0.3 is 15.4 Å². The van der Waals surface area contributed by atoms with Crippen molar-refractivity contribution >= 4 is 40.9 Å². The highest BCUT2D eigenvalue weighted by atomic mass is 32.1. The fourth-order valence-corrected chi connectivity index (χ4v) is 3.46. The number of carbonyl (C=O) groups excluding carboxylic acids is 2. The molecule has 0 unspecified atom stereocenters. The van der Waals surface area contributed by atoms with Crippen molar-refractivity contribution in [2.75, 3.05) is 18.6 Å². The largest absolute Gasteiger partial charge is 0.490 e. The van der Waals surface area contributed by atoms with Gasteiger partial charge >= 0.3 is 5.91 Å². The number of primary amides is 1. The molecule has 0 fully saturated rings. The topological polar surface area (TPSA) is 116 Å². The second kappa shape index (κ2) is 9.06. The van der Waals surface area contributed by atoms with Gasteiger partial charge in [0, 0.05) is 18.8 Å². The van der Waals surface area contributed by atoms with Crippen LogP contribution in [0.1, 0.15) is 26.5 Å². The SMILES string of the molecule is CN1C(=S)[C@@H](/C=N\C(=O)c2ncn(Cc3ccccc3)n2)COc2ccc(C(N)=O)cc21. The lowest BCUT2D eigenvalue weighted by molar-refractivity contribution is 0.0987. The number of rotatable bonds is 5. The van der Waals surface area contributed by atoms with Crippen LogP contribution < -0.4 is 15.4 Å². The van der Waals surface area contributed by atoms with Gasteiger partial charge in [0.2, 0.25) is 11.7 Å². The zero-order valence-electron chi connectivity index (χ0n) is 17.2. The lowest BCUT2D eigenvalue weighted by Crippen LogP contribution is -2.33. The molecule has 2 N–H and O–H groups in total. The number of fused-ring (bicyclic) bond motifs is 1. The molecule has 0 saturated heterocycles. The van der Waals surface area contributed by atoms with E-state index in [1.165, 1.54) is 12.5 Å². The van der Waals surface area contributed by atoms with E-state index in [-0.39, 0.29) is 12.4 Å². The maximum atomic E-state index is 12.5. The predicted molar refractivity (Wildman–Crippen MR) is 123 cm³/mol. The van der Waals surface area contributed by atoms with Crippen LogP contribution in [0.25, 0.3) is 0 Å². The molecule has 10 heteroatoms. The fourth-order valence-electron chi connectivity index (χ4n) is 3.23. The second-order valence-electron chi connectivity index (χ2n) is 7.20. The summed E-state index contributed by atoms with van der Waals surface area (Å²) in [5, 5.41) is 4.20. The number of thiocarbonyl (C=S) groups is 1. The van der Waals surface area contributed by atoms with E-state index < -0.39 is 17.7 Å². The molecule has 1 aliphatic rings. The molecule has 162 valence electrons. The van der Waals surface area contributed by atoms with E-state index in [9.17, 15) is 9.59 Å². The molecule has 3 aromatic rings. The average molecular weight is 449 g/mol. The van der Waals surface area contributed by atoms with Crippen LogP contribution in [0.15, 0.2) is 59.9 Å². The number of carbonyl (C=O) groups is 2. The highest BCUT2D eigenvalue weighted by Gasteiger charge is 2.26. The van der Waals surface area contributed by atoms with E-state index in [1.54, 1.807) is 34.8 Å². The van der Waals surface area contributed by atoms with Gasteiger partial charge in [-0.15, -0.1) is 5.10 Å². The normalized spacial score (nSPS) is 15.8. The van der Waals surface area contributed by atoms with Gasteiger partial charge in [0.1, 0.15) is 18.7 Å². The van der Waals surface area contributed by atoms with Gasteiger partial charge in [-0.25, -0.2) is 14.7 Å². The Morgan fingerprint density at radius 1 is 1.28 bits per heavy atom. The summed E-state index contributed by atoms with van der Waals surface area (Å²) in [6.45, 7) is 0.695. The maximum Gasteiger partial charge on any atom is 0.316 e. The maximum absolute atomic E-state index is 12.5. The molecule has 2 heterocycles. The van der Waals surface area contributed by atoms with Crippen molar-refractivity contribution in [2.24, 2.45) is 16.6 Å². The van der Waals surface area contributed by atoms with Crippen molar-refractivity contribution in [1.82, 2.24) is 14.8 Å². The Balaban J connectivity index is 1.46. The summed E-state index contributed by atoms with van der Waals surface area (Å²) in [4.78, 5) is 34.3. The van der Waals surface area contributed by atoms with E-state index in [0.29, 0.717) is 28.5 Å². The van der Waals surface area contributed by atoms with Crippen molar-refractivity contribution in [3.05, 3.63) is 71.8 Å². The number of aliphatic imine (C=N–C) groups is 1. The predicted octanol–water partition coefficient (Wildman–Crippen LogP) is 2.11. The average Bonchev–Trinajstić information content (AvgIpc) is 3.22. The highest BCUT2D eigenvalue weighted by Crippen LogP contribution is 2.33. The summed E-state index contributed by atoms with van der Waals surface area (Å²) in [7, 11) is 1.76. The third-order valence-corrected chi connectivity index (χ3v) is 5.53. The summed E-state index contributed by atoms with van der Waals surface area (Å²) >= 11 is 5.56. The second-order valence-corrected chi connectivity index (χ2v) is 7.61. The smallest absolute Gasteiger partial charge is 0.316 e. The summed E-state index contributed by atoms with van der Waals surface area (Å²) in [6, 6.07) is 14.6. The molecule has 2 aromatic carbocycles. The van der Waals surface area contributed by atoms with Crippen LogP contribution in [-0.2, 0) is 6.54 Å². The van der Waals surface area contributed by atoms with Gasteiger partial charge in [0.15, 0.2) is 0 Å². The number of aromatic nitrogens is 3. The van der Waals surface area contributed by atoms with Crippen molar-refractivity contribution in [3.8, 4) is 5.75 Å². The molecule has 0 radical (unpaired) electrons. The molecule has 1 atom stereocenters. The van der Waals surface area contributed by atoms with Crippen LogP contribution >= 0.6 is 12.2 Å². The number of nitrogens with zero attached hydrogens (tertiary/aromatic N) is 5. The van der Waals surface area contributed by atoms with Gasteiger partial charge in [-0.3, -0.25) is 9.59 Å². The fraction of sp³-hybridized carbons (Fsp3) is 0.182. The number of hydrogen-bond acceptors (Lipinski definition) is 6. The van der Waals surface area contributed by atoms with Crippen molar-refractivity contribution in [2.45, 2.75) is 6.54 Å². The van der Waals surface area contributed by atoms with Gasteiger partial charge in [-0.2, -0.15) is 0 Å². The van der Waals surface area contributed by atoms with Gasteiger partial charge in [-0.1, -0.05) is 42.5 Å². The van der Waals surface area contributed by atoms with Gasteiger partial charge in [0.05, 0.1) is 23.1 Å². The monoisotopic (exact) mass is 448 g/mol. The molecule has 0 spiro atoms.